The van der Waals surface area contributed by atoms with Crippen LogP contribution >= 0.6 is 0 Å². The van der Waals surface area contributed by atoms with Crippen molar-refractivity contribution >= 4 is 17.3 Å². The molecule has 0 aliphatic carbocycles. The lowest BCUT2D eigenvalue weighted by Gasteiger charge is -2.10. The van der Waals surface area contributed by atoms with Crippen molar-refractivity contribution in [3.05, 3.63) is 33.9 Å². The van der Waals surface area contributed by atoms with E-state index in [9.17, 15) is 14.9 Å². The SMILES string of the molecule is CC(C)Nc1ccc(C(=O)O)cc1[N+](=O)[O-]. The highest BCUT2D eigenvalue weighted by Crippen LogP contribution is 2.26. The molecule has 0 aromatic heterocycles. The molecule has 0 saturated carbocycles. The number of nitro groups is 1. The van der Waals surface area contributed by atoms with Gasteiger partial charge in [-0.1, -0.05) is 0 Å². The van der Waals surface area contributed by atoms with Crippen LogP contribution in [-0.4, -0.2) is 22.0 Å². The lowest BCUT2D eigenvalue weighted by atomic mass is 10.1. The summed E-state index contributed by atoms with van der Waals surface area (Å²) in [6.45, 7) is 3.68. The number of anilines is 1. The van der Waals surface area contributed by atoms with E-state index in [2.05, 4.69) is 5.32 Å². The predicted octanol–water partition coefficient (Wildman–Crippen LogP) is 2.11. The lowest BCUT2D eigenvalue weighted by molar-refractivity contribution is -0.384. The molecule has 16 heavy (non-hydrogen) atoms. The number of carboxylic acid groups (broad SMARTS) is 1. The zero-order chi connectivity index (χ0) is 12.3. The largest absolute Gasteiger partial charge is 0.478 e. The van der Waals surface area contributed by atoms with Gasteiger partial charge in [-0.25, -0.2) is 4.79 Å². The van der Waals surface area contributed by atoms with Crippen LogP contribution in [0.15, 0.2) is 18.2 Å². The van der Waals surface area contributed by atoms with Gasteiger partial charge >= 0.3 is 5.97 Å². The second-order valence-corrected chi connectivity index (χ2v) is 3.59. The Bertz CT molecular complexity index is 429. The molecule has 0 heterocycles. The van der Waals surface area contributed by atoms with Crippen molar-refractivity contribution in [3.8, 4) is 0 Å². The van der Waals surface area contributed by atoms with Gasteiger partial charge in [-0.3, -0.25) is 10.1 Å². The zero-order valence-electron chi connectivity index (χ0n) is 8.93. The molecule has 0 saturated heterocycles. The molecule has 1 rings (SSSR count). The van der Waals surface area contributed by atoms with Gasteiger partial charge in [0.25, 0.3) is 5.69 Å². The molecular formula is C10H12N2O4. The van der Waals surface area contributed by atoms with Gasteiger partial charge < -0.3 is 10.4 Å². The van der Waals surface area contributed by atoms with Crippen LogP contribution < -0.4 is 5.32 Å². The molecule has 0 atom stereocenters. The smallest absolute Gasteiger partial charge is 0.335 e. The topological polar surface area (TPSA) is 92.5 Å². The minimum Gasteiger partial charge on any atom is -0.478 e. The van der Waals surface area contributed by atoms with Crippen LogP contribution in [-0.2, 0) is 0 Å². The second kappa shape index (κ2) is 4.61. The predicted molar refractivity (Wildman–Crippen MR) is 58.8 cm³/mol. The molecule has 0 unspecified atom stereocenters. The highest BCUT2D eigenvalue weighted by molar-refractivity contribution is 5.89. The number of rotatable bonds is 4. The van der Waals surface area contributed by atoms with E-state index in [4.69, 9.17) is 5.11 Å². The van der Waals surface area contributed by atoms with Crippen molar-refractivity contribution in [1.82, 2.24) is 0 Å². The van der Waals surface area contributed by atoms with Gasteiger partial charge in [0.2, 0.25) is 0 Å². The van der Waals surface area contributed by atoms with E-state index < -0.39 is 10.9 Å². The number of hydrogen-bond acceptors (Lipinski definition) is 4. The fraction of sp³-hybridized carbons (Fsp3) is 0.300. The molecule has 1 aromatic carbocycles. The fourth-order valence-electron chi connectivity index (χ4n) is 1.25. The third kappa shape index (κ3) is 2.69. The third-order valence-corrected chi connectivity index (χ3v) is 1.89. The van der Waals surface area contributed by atoms with Crippen LogP contribution in [0, 0.1) is 10.1 Å². The first-order chi connectivity index (χ1) is 7.41. The number of nitrogens with one attached hydrogen (secondary N) is 1. The van der Waals surface area contributed by atoms with E-state index in [1.54, 1.807) is 0 Å². The van der Waals surface area contributed by atoms with Crippen molar-refractivity contribution < 1.29 is 14.8 Å². The molecule has 6 nitrogen and oxygen atoms in total. The molecule has 0 amide bonds. The van der Waals surface area contributed by atoms with Crippen LogP contribution in [0.4, 0.5) is 11.4 Å². The van der Waals surface area contributed by atoms with Gasteiger partial charge in [-0.15, -0.1) is 0 Å². The van der Waals surface area contributed by atoms with Crippen molar-refractivity contribution in [2.75, 3.05) is 5.32 Å². The Morgan fingerprint density at radius 3 is 2.56 bits per heavy atom. The van der Waals surface area contributed by atoms with Gasteiger partial charge in [0.15, 0.2) is 0 Å². The molecule has 1 aromatic rings. The fourth-order valence-corrected chi connectivity index (χ4v) is 1.25. The number of nitrogens with zero attached hydrogens (tertiary/aromatic N) is 1. The average Bonchev–Trinajstić information content (AvgIpc) is 2.16. The van der Waals surface area contributed by atoms with Crippen LogP contribution in [0.5, 0.6) is 0 Å². The van der Waals surface area contributed by atoms with Crippen molar-refractivity contribution in [2.45, 2.75) is 19.9 Å². The van der Waals surface area contributed by atoms with E-state index in [1.165, 1.54) is 12.1 Å². The summed E-state index contributed by atoms with van der Waals surface area (Å²) in [6.07, 6.45) is 0. The maximum absolute atomic E-state index is 10.8. The summed E-state index contributed by atoms with van der Waals surface area (Å²) in [5.74, 6) is -1.18. The number of carboxylic acids is 1. The molecule has 86 valence electrons. The van der Waals surface area contributed by atoms with Gasteiger partial charge in [0.1, 0.15) is 5.69 Å². The van der Waals surface area contributed by atoms with Crippen LogP contribution in [0.25, 0.3) is 0 Å². The molecule has 6 heteroatoms. The quantitative estimate of drug-likeness (QED) is 0.603. The van der Waals surface area contributed by atoms with E-state index >= 15 is 0 Å². The molecule has 0 bridgehead atoms. The van der Waals surface area contributed by atoms with E-state index in [1.807, 2.05) is 13.8 Å². The molecule has 0 aliphatic rings. The summed E-state index contributed by atoms with van der Waals surface area (Å²) in [5.41, 5.74) is -0.000365. The molecule has 0 radical (unpaired) electrons. The zero-order valence-corrected chi connectivity index (χ0v) is 8.93. The summed E-state index contributed by atoms with van der Waals surface area (Å²) in [4.78, 5) is 20.8. The summed E-state index contributed by atoms with van der Waals surface area (Å²) >= 11 is 0. The van der Waals surface area contributed by atoms with Gasteiger partial charge in [-0.05, 0) is 26.0 Å². The molecule has 0 aliphatic heterocycles. The summed E-state index contributed by atoms with van der Waals surface area (Å²) < 4.78 is 0. The minimum atomic E-state index is -1.18. The van der Waals surface area contributed by atoms with Crippen LogP contribution in [0.1, 0.15) is 24.2 Å². The highest BCUT2D eigenvalue weighted by atomic mass is 16.6. The normalized spacial score (nSPS) is 10.2. The Hall–Kier alpha value is -2.11. The third-order valence-electron chi connectivity index (χ3n) is 1.89. The lowest BCUT2D eigenvalue weighted by Crippen LogP contribution is -2.11. The Kier molecular flexibility index (Phi) is 3.44. The van der Waals surface area contributed by atoms with Crippen molar-refractivity contribution in [3.63, 3.8) is 0 Å². The number of carbonyl (C=O) groups is 1. The number of aromatic carboxylic acids is 1. The molecule has 0 spiro atoms. The Morgan fingerprint density at radius 1 is 1.50 bits per heavy atom. The maximum Gasteiger partial charge on any atom is 0.335 e. The standard InChI is InChI=1S/C10H12N2O4/c1-6(2)11-8-4-3-7(10(13)14)5-9(8)12(15)16/h3-6,11H,1-2H3,(H,13,14). The van der Waals surface area contributed by atoms with Crippen molar-refractivity contribution in [1.29, 1.82) is 0 Å². The maximum atomic E-state index is 10.8. The Labute approximate surface area is 92.0 Å². The monoisotopic (exact) mass is 224 g/mol. The highest BCUT2D eigenvalue weighted by Gasteiger charge is 2.17. The average molecular weight is 224 g/mol. The van der Waals surface area contributed by atoms with Crippen LogP contribution in [0.3, 0.4) is 0 Å². The molecule has 0 fully saturated rings. The van der Waals surface area contributed by atoms with Gasteiger partial charge in [-0.2, -0.15) is 0 Å². The summed E-state index contributed by atoms with van der Waals surface area (Å²) in [7, 11) is 0. The number of hydrogen-bond donors (Lipinski definition) is 2. The Balaban J connectivity index is 3.19. The number of benzene rings is 1. The van der Waals surface area contributed by atoms with Gasteiger partial charge in [0, 0.05) is 12.1 Å². The second-order valence-electron chi connectivity index (χ2n) is 3.59. The van der Waals surface area contributed by atoms with Crippen molar-refractivity contribution in [2.24, 2.45) is 0 Å². The summed E-state index contributed by atoms with van der Waals surface area (Å²) in [6, 6.07) is 3.82. The van der Waals surface area contributed by atoms with E-state index in [-0.39, 0.29) is 17.3 Å². The summed E-state index contributed by atoms with van der Waals surface area (Å²) in [5, 5.41) is 22.4. The minimum absolute atomic E-state index is 0.0365. The first kappa shape index (κ1) is 12.0. The molecule has 2 N–H and O–H groups in total. The van der Waals surface area contributed by atoms with Crippen LogP contribution in [0.2, 0.25) is 0 Å². The molecular weight excluding hydrogens is 212 g/mol. The number of nitro benzene ring substituents is 1. The van der Waals surface area contributed by atoms with E-state index in [0.717, 1.165) is 6.07 Å². The first-order valence-electron chi connectivity index (χ1n) is 4.70. The van der Waals surface area contributed by atoms with E-state index in [0.29, 0.717) is 5.69 Å². The van der Waals surface area contributed by atoms with Gasteiger partial charge in [0.05, 0.1) is 10.5 Å². The Morgan fingerprint density at radius 2 is 2.12 bits per heavy atom. The first-order valence-corrected chi connectivity index (χ1v) is 4.70.